The van der Waals surface area contributed by atoms with E-state index in [2.05, 4.69) is 33.1 Å². The van der Waals surface area contributed by atoms with Crippen LogP contribution in [0.4, 0.5) is 5.69 Å². The van der Waals surface area contributed by atoms with Crippen molar-refractivity contribution in [2.45, 2.75) is 32.2 Å². The van der Waals surface area contributed by atoms with Crippen molar-refractivity contribution in [3.8, 4) is 5.75 Å². The molecule has 3 N–H and O–H groups in total. The van der Waals surface area contributed by atoms with E-state index in [1.165, 1.54) is 12.8 Å². The van der Waals surface area contributed by atoms with Gasteiger partial charge < -0.3 is 25.2 Å². The molecule has 1 aromatic heterocycles. The number of hydrogen-bond acceptors (Lipinski definition) is 7. The molecule has 10 nitrogen and oxygen atoms in total. The van der Waals surface area contributed by atoms with Gasteiger partial charge in [-0.2, -0.15) is 0 Å². The molecule has 196 valence electrons. The second kappa shape index (κ2) is 14.7. The van der Waals surface area contributed by atoms with E-state index in [0.717, 1.165) is 36.6 Å². The molecule has 2 aliphatic heterocycles. The number of hydrogen-bond donors (Lipinski definition) is 3. The molecule has 0 saturated carbocycles. The number of nitrogens with zero attached hydrogens (tertiary/aromatic N) is 3. The number of carbonyl (C=O) groups is 3. The number of methoxy groups -OCH3 is 1. The lowest BCUT2D eigenvalue weighted by Gasteiger charge is -2.50. The first-order valence-electron chi connectivity index (χ1n) is 11.9. The van der Waals surface area contributed by atoms with Gasteiger partial charge in [0.1, 0.15) is 5.75 Å². The zero-order chi connectivity index (χ0) is 26.4. The van der Waals surface area contributed by atoms with E-state index >= 15 is 0 Å². The van der Waals surface area contributed by atoms with Crippen molar-refractivity contribution in [2.75, 3.05) is 44.7 Å². The third-order valence-corrected chi connectivity index (χ3v) is 6.58. The number of likely N-dealkylation sites (tertiary alicyclic amines) is 1. The first-order chi connectivity index (χ1) is 17.5. The summed E-state index contributed by atoms with van der Waals surface area (Å²) in [5, 5.41) is 17.1. The van der Waals surface area contributed by atoms with Gasteiger partial charge in [0.05, 0.1) is 12.5 Å². The predicted octanol–water partition coefficient (Wildman–Crippen LogP) is 2.14. The maximum absolute atomic E-state index is 13.4. The molecule has 1 aromatic carbocycles. The van der Waals surface area contributed by atoms with E-state index in [-0.39, 0.29) is 18.9 Å². The van der Waals surface area contributed by atoms with E-state index in [1.807, 2.05) is 30.3 Å². The molecule has 0 unspecified atom stereocenters. The molecule has 0 spiro atoms. The second-order valence-corrected chi connectivity index (χ2v) is 8.72. The number of carboxylic acid groups (broad SMARTS) is 2. The van der Waals surface area contributed by atoms with E-state index in [9.17, 15) is 4.79 Å². The Bertz CT molecular complexity index is 946. The predicted molar refractivity (Wildman–Crippen MR) is 136 cm³/mol. The van der Waals surface area contributed by atoms with Crippen LogP contribution in [0, 0.1) is 5.41 Å². The molecule has 2 aliphatic rings. The summed E-state index contributed by atoms with van der Waals surface area (Å²) < 4.78 is 5.39. The zero-order valence-corrected chi connectivity index (χ0v) is 20.9. The minimum Gasteiger partial charge on any atom is -0.497 e. The Labute approximate surface area is 211 Å². The Balaban J connectivity index is 0.000000693. The van der Waals surface area contributed by atoms with Crippen LogP contribution in [0.5, 0.6) is 5.75 Å². The van der Waals surface area contributed by atoms with Crippen molar-refractivity contribution in [3.63, 3.8) is 0 Å². The molecule has 2 saturated heterocycles. The number of rotatable bonds is 8. The molecule has 3 heterocycles. The van der Waals surface area contributed by atoms with Crippen molar-refractivity contribution >= 4 is 24.5 Å². The van der Waals surface area contributed by atoms with Crippen molar-refractivity contribution < 1.29 is 29.3 Å². The molecule has 4 rings (SSSR count). The molecule has 1 atom stereocenters. The topological polar surface area (TPSA) is 132 Å². The Morgan fingerprint density at radius 2 is 1.86 bits per heavy atom. The number of likely N-dealkylation sites (N-methyl/N-ethyl adjacent to an activating group) is 1. The molecular weight excluding hydrogens is 464 g/mol. The highest BCUT2D eigenvalue weighted by Gasteiger charge is 2.49. The minimum absolute atomic E-state index is 0.165. The summed E-state index contributed by atoms with van der Waals surface area (Å²) in [5.41, 5.74) is 1.83. The summed E-state index contributed by atoms with van der Waals surface area (Å²) in [6, 6.07) is 12.5. The number of benzene rings is 1. The number of aromatic nitrogens is 1. The number of nitrogens with one attached hydrogen (secondary N) is 1. The molecular formula is C26H36N4O6. The lowest BCUT2D eigenvalue weighted by atomic mass is 9.73. The normalized spacial score (nSPS) is 17.8. The van der Waals surface area contributed by atoms with Crippen LogP contribution in [0.3, 0.4) is 0 Å². The Morgan fingerprint density at radius 3 is 2.47 bits per heavy atom. The van der Waals surface area contributed by atoms with E-state index in [1.54, 1.807) is 19.5 Å². The van der Waals surface area contributed by atoms with Crippen molar-refractivity contribution in [3.05, 3.63) is 54.4 Å². The van der Waals surface area contributed by atoms with Crippen LogP contribution >= 0.6 is 0 Å². The van der Waals surface area contributed by atoms with E-state index in [0.29, 0.717) is 25.6 Å². The average molecular weight is 501 g/mol. The third-order valence-electron chi connectivity index (χ3n) is 6.58. The quantitative estimate of drug-likeness (QED) is 0.466. The van der Waals surface area contributed by atoms with Crippen molar-refractivity contribution in [1.29, 1.82) is 0 Å². The SMILES string of the molecule is CCN1CCC[C@H]1CNC(=O)C1(Cc2cccc(OC)c2)CN(c2ccncc2)C1.O=CO.O=CO. The van der Waals surface area contributed by atoms with Gasteiger partial charge in [-0.05, 0) is 62.2 Å². The lowest BCUT2D eigenvalue weighted by Crippen LogP contribution is -2.65. The Morgan fingerprint density at radius 1 is 1.19 bits per heavy atom. The monoisotopic (exact) mass is 500 g/mol. The fourth-order valence-corrected chi connectivity index (χ4v) is 4.87. The van der Waals surface area contributed by atoms with Crippen LogP contribution in [0.15, 0.2) is 48.8 Å². The molecule has 10 heteroatoms. The van der Waals surface area contributed by atoms with Crippen LogP contribution in [0.1, 0.15) is 25.3 Å². The fraction of sp³-hybridized carbons (Fsp3) is 0.462. The molecule has 0 aliphatic carbocycles. The maximum Gasteiger partial charge on any atom is 0.290 e. The molecule has 2 fully saturated rings. The van der Waals surface area contributed by atoms with Gasteiger partial charge in [0, 0.05) is 43.8 Å². The van der Waals surface area contributed by atoms with Gasteiger partial charge in [-0.3, -0.25) is 24.3 Å². The van der Waals surface area contributed by atoms with Crippen LogP contribution in [0.2, 0.25) is 0 Å². The molecule has 36 heavy (non-hydrogen) atoms. The zero-order valence-electron chi connectivity index (χ0n) is 20.9. The van der Waals surface area contributed by atoms with E-state index < -0.39 is 5.41 Å². The summed E-state index contributed by atoms with van der Waals surface area (Å²) in [7, 11) is 1.68. The van der Waals surface area contributed by atoms with Gasteiger partial charge in [-0.1, -0.05) is 19.1 Å². The van der Waals surface area contributed by atoms with Crippen LogP contribution in [-0.4, -0.2) is 84.8 Å². The third kappa shape index (κ3) is 7.67. The average Bonchev–Trinajstić information content (AvgIpc) is 3.34. The number of anilines is 1. The second-order valence-electron chi connectivity index (χ2n) is 8.72. The first kappa shape index (κ1) is 28.6. The Hall–Kier alpha value is -3.66. The van der Waals surface area contributed by atoms with Gasteiger partial charge in [0.2, 0.25) is 5.91 Å². The molecule has 0 radical (unpaired) electrons. The number of carbonyl (C=O) groups excluding carboxylic acids is 1. The van der Waals surface area contributed by atoms with Gasteiger partial charge in [-0.25, -0.2) is 0 Å². The smallest absolute Gasteiger partial charge is 0.290 e. The van der Waals surface area contributed by atoms with Crippen molar-refractivity contribution in [2.24, 2.45) is 5.41 Å². The largest absolute Gasteiger partial charge is 0.497 e. The van der Waals surface area contributed by atoms with E-state index in [4.69, 9.17) is 24.5 Å². The number of ether oxygens (including phenoxy) is 1. The van der Waals surface area contributed by atoms with Gasteiger partial charge in [-0.15, -0.1) is 0 Å². The van der Waals surface area contributed by atoms with Crippen LogP contribution < -0.4 is 15.0 Å². The minimum atomic E-state index is -0.425. The summed E-state index contributed by atoms with van der Waals surface area (Å²) in [6.07, 6.45) is 6.70. The highest BCUT2D eigenvalue weighted by molar-refractivity contribution is 5.86. The highest BCUT2D eigenvalue weighted by Crippen LogP contribution is 2.38. The summed E-state index contributed by atoms with van der Waals surface area (Å²) in [6.45, 7) is 6.04. The number of amides is 1. The molecule has 0 bridgehead atoms. The van der Waals surface area contributed by atoms with Crippen LogP contribution in [-0.2, 0) is 20.8 Å². The Kier molecular flexibility index (Phi) is 11.6. The molecule has 2 aromatic rings. The first-order valence-corrected chi connectivity index (χ1v) is 11.9. The van der Waals surface area contributed by atoms with Gasteiger partial charge in [0.15, 0.2) is 0 Å². The highest BCUT2D eigenvalue weighted by atomic mass is 16.5. The van der Waals surface area contributed by atoms with Crippen molar-refractivity contribution in [1.82, 2.24) is 15.2 Å². The summed E-state index contributed by atoms with van der Waals surface area (Å²) in [4.78, 5) is 39.0. The standard InChI is InChI=1S/C24H32N4O2.2CH2O2/c1-3-27-13-5-7-21(27)16-26-23(29)24(15-19-6-4-8-22(14-19)30-2)17-28(18-24)20-9-11-25-12-10-20;2*2-1-3/h4,6,8-12,14,21H,3,5,7,13,15-18H2,1-2H3,(H,26,29);2*1H,(H,2,3)/t21-;;/m0../s1. The van der Waals surface area contributed by atoms with Gasteiger partial charge in [0.25, 0.3) is 12.9 Å². The number of pyridine rings is 1. The summed E-state index contributed by atoms with van der Waals surface area (Å²) in [5.74, 6) is 0.997. The lowest BCUT2D eigenvalue weighted by molar-refractivity contribution is -0.133. The van der Waals surface area contributed by atoms with Crippen LogP contribution in [0.25, 0.3) is 0 Å². The maximum atomic E-state index is 13.4. The summed E-state index contributed by atoms with van der Waals surface area (Å²) >= 11 is 0. The van der Waals surface area contributed by atoms with Gasteiger partial charge >= 0.3 is 0 Å². The molecule has 1 amide bonds. The fourth-order valence-electron chi connectivity index (χ4n) is 4.87.